The SMILES string of the molecule is O=C(CCCc1nc2ccccc2s1)NCC1CCN(c2ccc(F)c(F)c2)C1. The van der Waals surface area contributed by atoms with E-state index in [1.165, 1.54) is 10.8 Å². The Balaban J connectivity index is 1.18. The van der Waals surface area contributed by atoms with Gasteiger partial charge in [0, 0.05) is 37.8 Å². The number of nitrogens with one attached hydrogen (secondary N) is 1. The van der Waals surface area contributed by atoms with E-state index in [4.69, 9.17) is 0 Å². The first-order chi connectivity index (χ1) is 14.1. The lowest BCUT2D eigenvalue weighted by Gasteiger charge is -2.19. The highest BCUT2D eigenvalue weighted by molar-refractivity contribution is 7.18. The van der Waals surface area contributed by atoms with Crippen molar-refractivity contribution in [2.75, 3.05) is 24.5 Å². The van der Waals surface area contributed by atoms with E-state index in [1.54, 1.807) is 17.4 Å². The number of anilines is 1. The van der Waals surface area contributed by atoms with Crippen LogP contribution < -0.4 is 10.2 Å². The molecule has 3 aromatic rings. The zero-order valence-electron chi connectivity index (χ0n) is 16.0. The van der Waals surface area contributed by atoms with Gasteiger partial charge >= 0.3 is 0 Å². The number of hydrogen-bond donors (Lipinski definition) is 1. The summed E-state index contributed by atoms with van der Waals surface area (Å²) in [5.41, 5.74) is 1.71. The first-order valence-electron chi connectivity index (χ1n) is 9.89. The second kappa shape index (κ2) is 8.86. The Bertz CT molecular complexity index is 974. The van der Waals surface area contributed by atoms with Crippen LogP contribution in [0.4, 0.5) is 14.5 Å². The molecule has 0 bridgehead atoms. The van der Waals surface area contributed by atoms with Crippen molar-refractivity contribution in [3.8, 4) is 0 Å². The summed E-state index contributed by atoms with van der Waals surface area (Å²) in [6.07, 6.45) is 2.98. The van der Waals surface area contributed by atoms with Crippen LogP contribution in [0.15, 0.2) is 42.5 Å². The van der Waals surface area contributed by atoms with Crippen molar-refractivity contribution in [3.05, 3.63) is 59.1 Å². The maximum absolute atomic E-state index is 13.4. The molecule has 1 N–H and O–H groups in total. The molecule has 0 spiro atoms. The molecule has 152 valence electrons. The lowest BCUT2D eigenvalue weighted by atomic mass is 10.1. The number of aryl methyl sites for hydroxylation is 1. The molecule has 0 aliphatic carbocycles. The first-order valence-corrected chi connectivity index (χ1v) is 10.7. The minimum absolute atomic E-state index is 0.0531. The Hall–Kier alpha value is -2.54. The maximum atomic E-state index is 13.4. The van der Waals surface area contributed by atoms with Gasteiger partial charge in [0.15, 0.2) is 11.6 Å². The van der Waals surface area contributed by atoms with Crippen LogP contribution in [0.5, 0.6) is 0 Å². The quantitative estimate of drug-likeness (QED) is 0.616. The van der Waals surface area contributed by atoms with E-state index in [2.05, 4.69) is 16.4 Å². The number of benzene rings is 2. The third kappa shape index (κ3) is 4.90. The van der Waals surface area contributed by atoms with Gasteiger partial charge in [-0.2, -0.15) is 0 Å². The molecule has 1 fully saturated rings. The molecule has 1 aliphatic heterocycles. The number of halogens is 2. The fourth-order valence-corrected chi connectivity index (χ4v) is 4.70. The van der Waals surface area contributed by atoms with E-state index in [-0.39, 0.29) is 5.91 Å². The summed E-state index contributed by atoms with van der Waals surface area (Å²) in [7, 11) is 0. The minimum Gasteiger partial charge on any atom is -0.371 e. The molecule has 2 heterocycles. The van der Waals surface area contributed by atoms with Crippen LogP contribution in [0.3, 0.4) is 0 Å². The van der Waals surface area contributed by atoms with Gasteiger partial charge in [-0.15, -0.1) is 11.3 Å². The van der Waals surface area contributed by atoms with Gasteiger partial charge in [-0.3, -0.25) is 4.79 Å². The topological polar surface area (TPSA) is 45.2 Å². The molecule has 4 rings (SSSR count). The van der Waals surface area contributed by atoms with Crippen LogP contribution in [0.2, 0.25) is 0 Å². The van der Waals surface area contributed by atoms with Crippen molar-refractivity contribution < 1.29 is 13.6 Å². The third-order valence-corrected chi connectivity index (χ3v) is 6.37. The Morgan fingerprint density at radius 2 is 2.07 bits per heavy atom. The number of amides is 1. The molecule has 4 nitrogen and oxygen atoms in total. The Morgan fingerprint density at radius 3 is 2.90 bits per heavy atom. The molecule has 1 aromatic heterocycles. The van der Waals surface area contributed by atoms with Gasteiger partial charge < -0.3 is 10.2 Å². The molecule has 1 unspecified atom stereocenters. The number of aromatic nitrogens is 1. The zero-order chi connectivity index (χ0) is 20.2. The van der Waals surface area contributed by atoms with E-state index in [9.17, 15) is 13.6 Å². The molecular formula is C22H23F2N3OS. The van der Waals surface area contributed by atoms with Crippen molar-refractivity contribution in [2.24, 2.45) is 5.92 Å². The first kappa shape index (κ1) is 19.8. The minimum atomic E-state index is -0.831. The number of hydrogen-bond acceptors (Lipinski definition) is 4. The van der Waals surface area contributed by atoms with Gasteiger partial charge in [0.2, 0.25) is 5.91 Å². The predicted octanol–water partition coefficient (Wildman–Crippen LogP) is 4.54. The highest BCUT2D eigenvalue weighted by atomic mass is 32.1. The highest BCUT2D eigenvalue weighted by Crippen LogP contribution is 2.25. The average Bonchev–Trinajstić information content (AvgIpc) is 3.35. The number of rotatable bonds is 7. The molecule has 2 aromatic carbocycles. The van der Waals surface area contributed by atoms with Gasteiger partial charge in [-0.1, -0.05) is 12.1 Å². The summed E-state index contributed by atoms with van der Waals surface area (Å²) in [5.74, 6) is -1.29. The monoisotopic (exact) mass is 415 g/mol. The molecule has 1 aliphatic rings. The summed E-state index contributed by atoms with van der Waals surface area (Å²) >= 11 is 1.68. The van der Waals surface area contributed by atoms with E-state index in [1.807, 2.05) is 23.1 Å². The highest BCUT2D eigenvalue weighted by Gasteiger charge is 2.23. The van der Waals surface area contributed by atoms with Crippen LogP contribution in [-0.4, -0.2) is 30.5 Å². The summed E-state index contributed by atoms with van der Waals surface area (Å²) in [4.78, 5) is 18.8. The smallest absolute Gasteiger partial charge is 0.220 e. The van der Waals surface area contributed by atoms with Gasteiger partial charge in [0.1, 0.15) is 0 Å². The second-order valence-electron chi connectivity index (χ2n) is 7.43. The normalized spacial score (nSPS) is 16.5. The third-order valence-electron chi connectivity index (χ3n) is 5.27. The number of carbonyl (C=O) groups is 1. The average molecular weight is 416 g/mol. The van der Waals surface area contributed by atoms with Crippen LogP contribution >= 0.6 is 11.3 Å². The summed E-state index contributed by atoms with van der Waals surface area (Å²) in [6, 6.07) is 12.1. The van der Waals surface area contributed by atoms with E-state index in [0.29, 0.717) is 24.6 Å². The number of nitrogens with zero attached hydrogens (tertiary/aromatic N) is 2. The second-order valence-corrected chi connectivity index (χ2v) is 8.55. The van der Waals surface area contributed by atoms with Crippen LogP contribution in [-0.2, 0) is 11.2 Å². The van der Waals surface area contributed by atoms with Crippen molar-refractivity contribution in [1.82, 2.24) is 10.3 Å². The molecular weight excluding hydrogens is 392 g/mol. The Labute approximate surface area is 172 Å². The summed E-state index contributed by atoms with van der Waals surface area (Å²) < 4.78 is 27.7. The fraction of sp³-hybridized carbons (Fsp3) is 0.364. The zero-order valence-corrected chi connectivity index (χ0v) is 16.9. The van der Waals surface area contributed by atoms with Gasteiger partial charge in [0.25, 0.3) is 0 Å². The maximum Gasteiger partial charge on any atom is 0.220 e. The van der Waals surface area contributed by atoms with Crippen LogP contribution in [0.1, 0.15) is 24.3 Å². The molecule has 29 heavy (non-hydrogen) atoms. The van der Waals surface area contributed by atoms with Crippen LogP contribution in [0.25, 0.3) is 10.2 Å². The van der Waals surface area contributed by atoms with E-state index < -0.39 is 11.6 Å². The van der Waals surface area contributed by atoms with Gasteiger partial charge in [0.05, 0.1) is 15.2 Å². The Kier molecular flexibility index (Phi) is 6.04. The van der Waals surface area contributed by atoms with Gasteiger partial charge in [-0.05, 0) is 49.4 Å². The largest absolute Gasteiger partial charge is 0.371 e. The number of carbonyl (C=O) groups excluding carboxylic acids is 1. The van der Waals surface area contributed by atoms with Crippen LogP contribution in [0, 0.1) is 17.6 Å². The molecule has 0 radical (unpaired) electrons. The van der Waals surface area contributed by atoms with E-state index >= 15 is 0 Å². The van der Waals surface area contributed by atoms with Gasteiger partial charge in [-0.25, -0.2) is 13.8 Å². The predicted molar refractivity (Wildman–Crippen MR) is 112 cm³/mol. The van der Waals surface area contributed by atoms with Crippen molar-refractivity contribution in [3.63, 3.8) is 0 Å². The molecule has 1 atom stereocenters. The standard InChI is InChI=1S/C22H23F2N3OS/c23-17-9-8-16(12-18(17)24)27-11-10-15(14-27)13-25-21(28)6-3-7-22-26-19-4-1-2-5-20(19)29-22/h1-2,4-5,8-9,12,15H,3,6-7,10-11,13-14H2,(H,25,28). The van der Waals surface area contributed by atoms with Crippen molar-refractivity contribution in [1.29, 1.82) is 0 Å². The lowest BCUT2D eigenvalue weighted by Crippen LogP contribution is -2.30. The van der Waals surface area contributed by atoms with E-state index in [0.717, 1.165) is 48.9 Å². The number of para-hydroxylation sites is 1. The van der Waals surface area contributed by atoms with Crippen molar-refractivity contribution >= 4 is 33.1 Å². The summed E-state index contributed by atoms with van der Waals surface area (Å²) in [6.45, 7) is 2.13. The lowest BCUT2D eigenvalue weighted by molar-refractivity contribution is -0.121. The fourth-order valence-electron chi connectivity index (χ4n) is 3.69. The van der Waals surface area contributed by atoms with Crippen molar-refractivity contribution in [2.45, 2.75) is 25.7 Å². The number of fused-ring (bicyclic) bond motifs is 1. The number of thiazole rings is 1. The molecule has 1 saturated heterocycles. The molecule has 1 amide bonds. The Morgan fingerprint density at radius 1 is 1.21 bits per heavy atom. The molecule has 0 saturated carbocycles. The summed E-state index contributed by atoms with van der Waals surface area (Å²) in [5, 5.41) is 4.08. The molecule has 7 heteroatoms.